The van der Waals surface area contributed by atoms with Crippen LogP contribution >= 0.6 is 10.7 Å². The van der Waals surface area contributed by atoms with Gasteiger partial charge < -0.3 is 0 Å². The first kappa shape index (κ1) is 15.5. The van der Waals surface area contributed by atoms with Crippen molar-refractivity contribution in [1.82, 2.24) is 0 Å². The van der Waals surface area contributed by atoms with Crippen molar-refractivity contribution in [2.75, 3.05) is 0 Å². The summed E-state index contributed by atoms with van der Waals surface area (Å²) in [6.45, 7) is 8.20. The molecule has 0 aromatic heterocycles. The molecular weight excluding hydrogens is 244 g/mol. The van der Waals surface area contributed by atoms with E-state index >= 15 is 0 Å². The monoisotopic (exact) mass is 262 g/mol. The second-order valence-corrected chi connectivity index (χ2v) is 5.88. The molecule has 2 nitrogen and oxygen atoms in total. The van der Waals surface area contributed by atoms with E-state index in [0.29, 0.717) is 5.92 Å². The highest BCUT2D eigenvalue weighted by atomic mass is 35.7. The summed E-state index contributed by atoms with van der Waals surface area (Å²) in [6, 6.07) is 6.71. The van der Waals surface area contributed by atoms with Crippen molar-refractivity contribution >= 4 is 19.7 Å². The predicted octanol–water partition coefficient (Wildman–Crippen LogP) is 4.15. The van der Waals surface area contributed by atoms with E-state index in [1.54, 1.807) is 12.1 Å². The molecule has 1 aromatic carbocycles. The zero-order valence-electron chi connectivity index (χ0n) is 10.2. The third-order valence-electron chi connectivity index (χ3n) is 2.34. The molecule has 0 N–H and O–H groups in total. The molecule has 4 heteroatoms. The molecule has 0 spiro atoms. The van der Waals surface area contributed by atoms with Gasteiger partial charge in [-0.05, 0) is 30.0 Å². The molecule has 0 aliphatic rings. The van der Waals surface area contributed by atoms with Crippen molar-refractivity contribution in [3.63, 3.8) is 0 Å². The Kier molecular flexibility index (Phi) is 6.68. The van der Waals surface area contributed by atoms with Crippen LogP contribution in [-0.2, 0) is 9.05 Å². The molecule has 92 valence electrons. The summed E-state index contributed by atoms with van der Waals surface area (Å²) in [5, 5.41) is 0. The number of hydrogen-bond donors (Lipinski definition) is 0. The first-order chi connectivity index (χ1) is 7.45. The van der Waals surface area contributed by atoms with Gasteiger partial charge in [0, 0.05) is 10.7 Å². The van der Waals surface area contributed by atoms with Crippen LogP contribution in [0.4, 0.5) is 0 Å². The molecule has 0 aliphatic carbocycles. The minimum absolute atomic E-state index is 0.159. The van der Waals surface area contributed by atoms with Crippen molar-refractivity contribution in [3.05, 3.63) is 29.8 Å². The van der Waals surface area contributed by atoms with Gasteiger partial charge in [0.25, 0.3) is 9.05 Å². The van der Waals surface area contributed by atoms with Gasteiger partial charge >= 0.3 is 0 Å². The Morgan fingerprint density at radius 2 is 1.62 bits per heavy atom. The maximum absolute atomic E-state index is 10.9. The normalized spacial score (nSPS) is 12.6. The third-order valence-corrected chi connectivity index (χ3v) is 3.71. The minimum Gasteiger partial charge on any atom is -0.207 e. The summed E-state index contributed by atoms with van der Waals surface area (Å²) in [5.41, 5.74) is 1.14. The van der Waals surface area contributed by atoms with Crippen molar-refractivity contribution in [1.29, 1.82) is 0 Å². The molecule has 16 heavy (non-hydrogen) atoms. The van der Waals surface area contributed by atoms with E-state index in [1.165, 1.54) is 0 Å². The van der Waals surface area contributed by atoms with Crippen LogP contribution in [0.15, 0.2) is 29.2 Å². The van der Waals surface area contributed by atoms with Crippen LogP contribution in [0, 0.1) is 0 Å². The molecule has 1 rings (SSSR count). The van der Waals surface area contributed by atoms with Crippen molar-refractivity contribution in [2.24, 2.45) is 0 Å². The molecule has 0 bridgehead atoms. The molecule has 0 saturated carbocycles. The van der Waals surface area contributed by atoms with Crippen LogP contribution in [0.5, 0.6) is 0 Å². The summed E-state index contributed by atoms with van der Waals surface area (Å²) in [4.78, 5) is 0.159. The lowest BCUT2D eigenvalue weighted by molar-refractivity contribution is 0.609. The average molecular weight is 263 g/mol. The van der Waals surface area contributed by atoms with Crippen molar-refractivity contribution in [3.8, 4) is 0 Å². The van der Waals surface area contributed by atoms with E-state index in [-0.39, 0.29) is 4.90 Å². The van der Waals surface area contributed by atoms with Gasteiger partial charge in [-0.3, -0.25) is 0 Å². The summed E-state index contributed by atoms with van der Waals surface area (Å²) < 4.78 is 21.9. The lowest BCUT2D eigenvalue weighted by atomic mass is 9.99. The van der Waals surface area contributed by atoms with Gasteiger partial charge in [0.2, 0.25) is 0 Å². The minimum atomic E-state index is -3.58. The van der Waals surface area contributed by atoms with Crippen LogP contribution in [0.1, 0.15) is 45.6 Å². The summed E-state index contributed by atoms with van der Waals surface area (Å²) in [6.07, 6.45) is 1.03. The zero-order chi connectivity index (χ0) is 12.8. The van der Waals surface area contributed by atoms with Gasteiger partial charge in [0.1, 0.15) is 0 Å². The second-order valence-electron chi connectivity index (χ2n) is 3.32. The second kappa shape index (κ2) is 6.92. The molecule has 0 saturated heterocycles. The number of rotatable bonds is 3. The van der Waals surface area contributed by atoms with Gasteiger partial charge in [0.05, 0.1) is 4.90 Å². The van der Waals surface area contributed by atoms with E-state index < -0.39 is 9.05 Å². The predicted molar refractivity (Wildman–Crippen MR) is 69.5 cm³/mol. The van der Waals surface area contributed by atoms with Gasteiger partial charge in [-0.15, -0.1) is 0 Å². The van der Waals surface area contributed by atoms with Gasteiger partial charge in [-0.2, -0.15) is 0 Å². The first-order valence-electron chi connectivity index (χ1n) is 5.49. The number of hydrogen-bond acceptors (Lipinski definition) is 2. The van der Waals surface area contributed by atoms with Crippen molar-refractivity contribution < 1.29 is 8.42 Å². The Balaban J connectivity index is 0.00000106. The standard InChI is InChI=1S/C10H13ClO2S.C2H6/c1-3-8(2)9-4-6-10(7-5-9)14(11,12)13;1-2/h4-8H,3H2,1-2H3;1-2H3. The smallest absolute Gasteiger partial charge is 0.207 e. The van der Waals surface area contributed by atoms with Gasteiger partial charge in [-0.1, -0.05) is 39.8 Å². The largest absolute Gasteiger partial charge is 0.261 e. The molecule has 1 aromatic rings. The lowest BCUT2D eigenvalue weighted by Crippen LogP contribution is -1.94. The quantitative estimate of drug-likeness (QED) is 0.767. The lowest BCUT2D eigenvalue weighted by Gasteiger charge is -2.08. The Bertz CT molecular complexity index is 396. The highest BCUT2D eigenvalue weighted by Gasteiger charge is 2.10. The molecule has 0 fully saturated rings. The van der Waals surface area contributed by atoms with E-state index in [2.05, 4.69) is 13.8 Å². The van der Waals surface area contributed by atoms with Crippen molar-refractivity contribution in [2.45, 2.75) is 44.9 Å². The van der Waals surface area contributed by atoms with Gasteiger partial charge in [-0.25, -0.2) is 8.42 Å². The van der Waals surface area contributed by atoms with Crippen LogP contribution in [0.2, 0.25) is 0 Å². The zero-order valence-corrected chi connectivity index (χ0v) is 11.8. The average Bonchev–Trinajstić information content (AvgIpc) is 2.30. The van der Waals surface area contributed by atoms with E-state index in [0.717, 1.165) is 12.0 Å². The fraction of sp³-hybridized carbons (Fsp3) is 0.500. The third kappa shape index (κ3) is 4.54. The van der Waals surface area contributed by atoms with E-state index in [4.69, 9.17) is 10.7 Å². The maximum Gasteiger partial charge on any atom is 0.261 e. The van der Waals surface area contributed by atoms with E-state index in [9.17, 15) is 8.42 Å². The molecule has 0 radical (unpaired) electrons. The van der Waals surface area contributed by atoms with Crippen LogP contribution < -0.4 is 0 Å². The van der Waals surface area contributed by atoms with Gasteiger partial charge in [0.15, 0.2) is 0 Å². The highest BCUT2D eigenvalue weighted by Crippen LogP contribution is 2.21. The Morgan fingerprint density at radius 1 is 1.19 bits per heavy atom. The summed E-state index contributed by atoms with van der Waals surface area (Å²) in [5.74, 6) is 0.446. The van der Waals surface area contributed by atoms with Crippen LogP contribution in [0.25, 0.3) is 0 Å². The SMILES string of the molecule is CC.CCC(C)c1ccc(S(=O)(=O)Cl)cc1. The topological polar surface area (TPSA) is 34.1 Å². The molecular formula is C12H19ClO2S. The summed E-state index contributed by atoms with van der Waals surface area (Å²) >= 11 is 0. The Labute approximate surface area is 103 Å². The van der Waals surface area contributed by atoms with Crippen LogP contribution in [0.3, 0.4) is 0 Å². The molecule has 1 unspecified atom stereocenters. The number of benzene rings is 1. The highest BCUT2D eigenvalue weighted by molar-refractivity contribution is 8.13. The number of halogens is 1. The molecule has 1 atom stereocenters. The molecule has 0 amide bonds. The van der Waals surface area contributed by atoms with Crippen LogP contribution in [-0.4, -0.2) is 8.42 Å². The first-order valence-corrected chi connectivity index (χ1v) is 7.80. The Hall–Kier alpha value is -0.540. The fourth-order valence-corrected chi connectivity index (χ4v) is 1.96. The fourth-order valence-electron chi connectivity index (χ4n) is 1.19. The Morgan fingerprint density at radius 3 is 1.94 bits per heavy atom. The molecule has 0 aliphatic heterocycles. The maximum atomic E-state index is 10.9. The molecule has 0 heterocycles. The van der Waals surface area contributed by atoms with E-state index in [1.807, 2.05) is 26.0 Å². The summed E-state index contributed by atoms with van der Waals surface area (Å²) in [7, 11) is 1.62.